The Morgan fingerprint density at radius 1 is 1.29 bits per heavy atom. The van der Waals surface area contributed by atoms with Crippen molar-refractivity contribution in [2.45, 2.75) is 18.4 Å². The molecule has 0 aromatic heterocycles. The molecule has 112 valence electrons. The predicted molar refractivity (Wildman–Crippen MR) is 80.7 cm³/mol. The molecule has 3 rings (SSSR count). The lowest BCUT2D eigenvalue weighted by Gasteiger charge is -2.47. The molecule has 21 heavy (non-hydrogen) atoms. The topological polar surface area (TPSA) is 69.6 Å². The predicted octanol–water partition coefficient (Wildman–Crippen LogP) is 1.16. The molecule has 0 unspecified atom stereocenters. The van der Waals surface area contributed by atoms with Crippen LogP contribution in [0.2, 0.25) is 0 Å². The van der Waals surface area contributed by atoms with Gasteiger partial charge in [0.15, 0.2) is 0 Å². The molecule has 0 bridgehead atoms. The number of benzene rings is 1. The van der Waals surface area contributed by atoms with Gasteiger partial charge >= 0.3 is 0 Å². The van der Waals surface area contributed by atoms with Crippen molar-refractivity contribution >= 4 is 27.7 Å². The van der Waals surface area contributed by atoms with Gasteiger partial charge in [-0.2, -0.15) is 0 Å². The summed E-state index contributed by atoms with van der Waals surface area (Å²) in [6.07, 6.45) is 2.11. The van der Waals surface area contributed by atoms with E-state index >= 15 is 0 Å². The van der Waals surface area contributed by atoms with Crippen molar-refractivity contribution < 1.29 is 14.7 Å². The minimum Gasteiger partial charge on any atom is -0.386 e. The molecule has 1 aromatic rings. The van der Waals surface area contributed by atoms with Crippen LogP contribution >= 0.6 is 15.9 Å². The maximum atomic E-state index is 11.9. The molecule has 6 heteroatoms. The molecular weight excluding hydrogens is 336 g/mol. The summed E-state index contributed by atoms with van der Waals surface area (Å²) in [5.74, 6) is -0.0569. The average molecular weight is 353 g/mol. The SMILES string of the molecule is O=C(NCC(=O)N1CC(O)(C2CC2)C1)c1ccc(Br)cc1. The first-order valence-corrected chi connectivity index (χ1v) is 7.81. The number of carbonyl (C=O) groups excluding carboxylic acids is 2. The lowest BCUT2D eigenvalue weighted by atomic mass is 9.89. The summed E-state index contributed by atoms with van der Waals surface area (Å²) in [6.45, 7) is 0.755. The molecular formula is C15H17BrN2O3. The second kappa shape index (κ2) is 5.42. The number of β-amino-alcohol motifs (C(OH)–C–C–N with tert-alkyl or cyclic N) is 1. The molecule has 1 saturated heterocycles. The van der Waals surface area contributed by atoms with Crippen LogP contribution < -0.4 is 5.32 Å². The highest BCUT2D eigenvalue weighted by atomic mass is 79.9. The molecule has 1 heterocycles. The third kappa shape index (κ3) is 3.11. The van der Waals surface area contributed by atoms with Crippen molar-refractivity contribution in [3.8, 4) is 0 Å². The average Bonchev–Trinajstić information content (AvgIpc) is 3.26. The van der Waals surface area contributed by atoms with Crippen molar-refractivity contribution in [3.05, 3.63) is 34.3 Å². The van der Waals surface area contributed by atoms with Gasteiger partial charge in [0.05, 0.1) is 19.6 Å². The van der Waals surface area contributed by atoms with E-state index in [2.05, 4.69) is 21.2 Å². The largest absolute Gasteiger partial charge is 0.386 e. The highest BCUT2D eigenvalue weighted by Crippen LogP contribution is 2.44. The monoisotopic (exact) mass is 352 g/mol. The number of carbonyl (C=O) groups is 2. The normalized spacial score (nSPS) is 19.8. The van der Waals surface area contributed by atoms with Gasteiger partial charge < -0.3 is 15.3 Å². The third-order valence-electron chi connectivity index (χ3n) is 4.13. The number of amides is 2. The second-order valence-electron chi connectivity index (χ2n) is 5.82. The van der Waals surface area contributed by atoms with Gasteiger partial charge in [0.25, 0.3) is 5.91 Å². The van der Waals surface area contributed by atoms with Gasteiger partial charge in [-0.15, -0.1) is 0 Å². The van der Waals surface area contributed by atoms with Crippen LogP contribution in [-0.2, 0) is 4.79 Å². The molecule has 0 spiro atoms. The Bertz CT molecular complexity index is 563. The van der Waals surface area contributed by atoms with Crippen LogP contribution in [0.15, 0.2) is 28.7 Å². The Hall–Kier alpha value is -1.40. The summed E-state index contributed by atoms with van der Waals surface area (Å²) >= 11 is 3.30. The molecule has 1 aliphatic heterocycles. The van der Waals surface area contributed by atoms with E-state index in [-0.39, 0.29) is 18.4 Å². The zero-order chi connectivity index (χ0) is 15.0. The standard InChI is InChI=1S/C15H17BrN2O3/c16-12-5-1-10(2-6-12)14(20)17-7-13(19)18-8-15(21,9-18)11-3-4-11/h1-2,5-6,11,21H,3-4,7-9H2,(H,17,20). The zero-order valence-electron chi connectivity index (χ0n) is 11.5. The minimum absolute atomic E-state index is 0.0321. The van der Waals surface area contributed by atoms with Gasteiger partial charge in [0.1, 0.15) is 5.60 Å². The maximum Gasteiger partial charge on any atom is 0.251 e. The van der Waals surface area contributed by atoms with Crippen LogP contribution in [0.1, 0.15) is 23.2 Å². The Labute approximate surface area is 131 Å². The summed E-state index contributed by atoms with van der Waals surface area (Å²) in [7, 11) is 0. The van der Waals surface area contributed by atoms with Crippen LogP contribution in [0.25, 0.3) is 0 Å². The number of halogens is 1. The van der Waals surface area contributed by atoms with E-state index in [9.17, 15) is 14.7 Å². The molecule has 2 amide bonds. The van der Waals surface area contributed by atoms with E-state index in [0.29, 0.717) is 24.6 Å². The Morgan fingerprint density at radius 2 is 1.90 bits per heavy atom. The van der Waals surface area contributed by atoms with Crippen LogP contribution in [0.4, 0.5) is 0 Å². The maximum absolute atomic E-state index is 11.9. The first-order chi connectivity index (χ1) is 9.98. The number of nitrogens with one attached hydrogen (secondary N) is 1. The van der Waals surface area contributed by atoms with E-state index in [1.807, 2.05) is 0 Å². The van der Waals surface area contributed by atoms with Crippen LogP contribution in [-0.4, -0.2) is 47.1 Å². The third-order valence-corrected chi connectivity index (χ3v) is 4.65. The van der Waals surface area contributed by atoms with Gasteiger partial charge in [0, 0.05) is 10.0 Å². The first-order valence-electron chi connectivity index (χ1n) is 7.02. The summed E-state index contributed by atoms with van der Waals surface area (Å²) in [4.78, 5) is 25.4. The number of hydrogen-bond acceptors (Lipinski definition) is 3. The van der Waals surface area contributed by atoms with Gasteiger partial charge in [-0.3, -0.25) is 9.59 Å². The second-order valence-corrected chi connectivity index (χ2v) is 6.73. The van der Waals surface area contributed by atoms with E-state index in [1.165, 1.54) is 0 Å². The van der Waals surface area contributed by atoms with E-state index in [4.69, 9.17) is 0 Å². The lowest BCUT2D eigenvalue weighted by Crippen LogP contribution is -2.65. The molecule has 2 fully saturated rings. The zero-order valence-corrected chi connectivity index (χ0v) is 13.1. The van der Waals surface area contributed by atoms with Crippen molar-refractivity contribution in [2.75, 3.05) is 19.6 Å². The Kier molecular flexibility index (Phi) is 3.75. The molecule has 2 N–H and O–H groups in total. The van der Waals surface area contributed by atoms with Crippen LogP contribution in [0, 0.1) is 5.92 Å². The van der Waals surface area contributed by atoms with Crippen LogP contribution in [0.3, 0.4) is 0 Å². The van der Waals surface area contributed by atoms with E-state index in [0.717, 1.165) is 17.3 Å². The van der Waals surface area contributed by atoms with E-state index in [1.54, 1.807) is 29.2 Å². The van der Waals surface area contributed by atoms with Gasteiger partial charge in [-0.1, -0.05) is 15.9 Å². The molecule has 0 radical (unpaired) electrons. The number of nitrogens with zero attached hydrogens (tertiary/aromatic N) is 1. The van der Waals surface area contributed by atoms with Crippen molar-refractivity contribution in [1.82, 2.24) is 10.2 Å². The summed E-state index contributed by atoms with van der Waals surface area (Å²) in [5, 5.41) is 12.8. The van der Waals surface area contributed by atoms with Gasteiger partial charge in [-0.25, -0.2) is 0 Å². The Balaban J connectivity index is 1.46. The summed E-state index contributed by atoms with van der Waals surface area (Å²) < 4.78 is 0.898. The molecule has 1 aromatic carbocycles. The van der Waals surface area contributed by atoms with Crippen molar-refractivity contribution in [1.29, 1.82) is 0 Å². The van der Waals surface area contributed by atoms with Gasteiger partial charge in [-0.05, 0) is 43.0 Å². The fourth-order valence-electron chi connectivity index (χ4n) is 2.64. The minimum atomic E-state index is -0.675. The lowest BCUT2D eigenvalue weighted by molar-refractivity contribution is -0.158. The molecule has 0 atom stereocenters. The molecule has 2 aliphatic rings. The van der Waals surface area contributed by atoms with E-state index < -0.39 is 5.60 Å². The fourth-order valence-corrected chi connectivity index (χ4v) is 2.91. The number of rotatable bonds is 4. The molecule has 1 saturated carbocycles. The van der Waals surface area contributed by atoms with Crippen LogP contribution in [0.5, 0.6) is 0 Å². The Morgan fingerprint density at radius 3 is 2.48 bits per heavy atom. The van der Waals surface area contributed by atoms with Crippen molar-refractivity contribution in [2.24, 2.45) is 5.92 Å². The molecule has 1 aliphatic carbocycles. The number of hydrogen-bond donors (Lipinski definition) is 2. The smallest absolute Gasteiger partial charge is 0.251 e. The number of aliphatic hydroxyl groups is 1. The fraction of sp³-hybridized carbons (Fsp3) is 0.467. The summed E-state index contributed by atoms with van der Waals surface area (Å²) in [5.41, 5.74) is -0.158. The summed E-state index contributed by atoms with van der Waals surface area (Å²) in [6, 6.07) is 6.95. The first kappa shape index (κ1) is 14.5. The molecule has 5 nitrogen and oxygen atoms in total. The number of likely N-dealkylation sites (tertiary alicyclic amines) is 1. The van der Waals surface area contributed by atoms with Gasteiger partial charge in [0.2, 0.25) is 5.91 Å². The van der Waals surface area contributed by atoms with Crippen molar-refractivity contribution in [3.63, 3.8) is 0 Å². The highest BCUT2D eigenvalue weighted by molar-refractivity contribution is 9.10. The quantitative estimate of drug-likeness (QED) is 0.854. The highest BCUT2D eigenvalue weighted by Gasteiger charge is 2.53.